The van der Waals surface area contributed by atoms with E-state index in [1.165, 1.54) is 5.56 Å². The Kier molecular flexibility index (Phi) is 6.63. The van der Waals surface area contributed by atoms with Crippen molar-refractivity contribution in [3.05, 3.63) is 76.8 Å². The van der Waals surface area contributed by atoms with E-state index in [0.29, 0.717) is 11.6 Å². The lowest BCUT2D eigenvalue weighted by molar-refractivity contribution is 0.301. The minimum absolute atomic E-state index is 0.490. The van der Waals surface area contributed by atoms with Crippen molar-refractivity contribution in [1.82, 2.24) is 20.1 Å². The summed E-state index contributed by atoms with van der Waals surface area (Å²) in [4.78, 5) is 4.11. The van der Waals surface area contributed by atoms with Crippen LogP contribution in [0.3, 0.4) is 0 Å². The zero-order valence-electron chi connectivity index (χ0n) is 14.9. The van der Waals surface area contributed by atoms with Crippen molar-refractivity contribution in [1.29, 1.82) is 0 Å². The maximum absolute atomic E-state index is 6.15. The molecule has 0 aliphatic rings. The van der Waals surface area contributed by atoms with Crippen LogP contribution in [0.15, 0.2) is 55.1 Å². The number of ether oxygens (including phenoxy) is 1. The first-order chi connectivity index (χ1) is 12.7. The Morgan fingerprint density at radius 2 is 2.12 bits per heavy atom. The number of nitrogens with one attached hydrogen (secondary N) is 1. The molecule has 2 heterocycles. The van der Waals surface area contributed by atoms with E-state index in [1.807, 2.05) is 54.5 Å². The van der Waals surface area contributed by atoms with Gasteiger partial charge >= 0.3 is 0 Å². The number of nitrogens with zero attached hydrogens (tertiary/aromatic N) is 3. The van der Waals surface area contributed by atoms with Crippen LogP contribution in [0, 0.1) is 0 Å². The first-order valence-electron chi connectivity index (χ1n) is 8.69. The SMILES string of the molecule is Cn1cc(CCCNCc2cc(Cl)ccc2OCc2cccnc2)cn1. The molecule has 1 aromatic carbocycles. The van der Waals surface area contributed by atoms with Crippen molar-refractivity contribution in [2.75, 3.05) is 6.54 Å². The number of aryl methyl sites for hydroxylation is 2. The third-order valence-electron chi connectivity index (χ3n) is 4.03. The fourth-order valence-corrected chi connectivity index (χ4v) is 2.91. The molecule has 136 valence electrons. The zero-order chi connectivity index (χ0) is 18.2. The molecule has 6 heteroatoms. The van der Waals surface area contributed by atoms with Gasteiger partial charge in [0.2, 0.25) is 0 Å². The molecule has 0 saturated carbocycles. The average molecular weight is 371 g/mol. The number of aromatic nitrogens is 3. The van der Waals surface area contributed by atoms with E-state index >= 15 is 0 Å². The van der Waals surface area contributed by atoms with Crippen LogP contribution >= 0.6 is 11.6 Å². The number of benzene rings is 1. The highest BCUT2D eigenvalue weighted by molar-refractivity contribution is 6.30. The van der Waals surface area contributed by atoms with Gasteiger partial charge in [0.1, 0.15) is 12.4 Å². The summed E-state index contributed by atoms with van der Waals surface area (Å²) in [6.07, 6.45) is 9.61. The van der Waals surface area contributed by atoms with Gasteiger partial charge in [0.25, 0.3) is 0 Å². The fourth-order valence-electron chi connectivity index (χ4n) is 2.71. The number of halogens is 1. The van der Waals surface area contributed by atoms with Gasteiger partial charge < -0.3 is 10.1 Å². The Hall–Kier alpha value is -2.37. The lowest BCUT2D eigenvalue weighted by Gasteiger charge is -2.13. The van der Waals surface area contributed by atoms with Crippen LogP contribution in [0.2, 0.25) is 5.02 Å². The van der Waals surface area contributed by atoms with Gasteiger partial charge in [0.05, 0.1) is 6.20 Å². The van der Waals surface area contributed by atoms with Gasteiger partial charge in [-0.05, 0) is 49.2 Å². The second-order valence-electron chi connectivity index (χ2n) is 6.20. The number of hydrogen-bond donors (Lipinski definition) is 1. The summed E-state index contributed by atoms with van der Waals surface area (Å²) in [5.41, 5.74) is 3.36. The second-order valence-corrected chi connectivity index (χ2v) is 6.64. The molecule has 0 amide bonds. The van der Waals surface area contributed by atoms with E-state index in [4.69, 9.17) is 16.3 Å². The third-order valence-corrected chi connectivity index (χ3v) is 4.27. The summed E-state index contributed by atoms with van der Waals surface area (Å²) in [5, 5.41) is 8.37. The molecule has 3 aromatic rings. The van der Waals surface area contributed by atoms with Crippen LogP contribution in [0.4, 0.5) is 0 Å². The highest BCUT2D eigenvalue weighted by Crippen LogP contribution is 2.23. The maximum atomic E-state index is 6.15. The molecule has 26 heavy (non-hydrogen) atoms. The van der Waals surface area contributed by atoms with Crippen molar-refractivity contribution in [2.45, 2.75) is 26.0 Å². The normalized spacial score (nSPS) is 10.8. The second kappa shape index (κ2) is 9.36. The molecule has 5 nitrogen and oxygen atoms in total. The van der Waals surface area contributed by atoms with Crippen LogP contribution in [0.1, 0.15) is 23.1 Å². The first kappa shape index (κ1) is 18.4. The Morgan fingerprint density at radius 3 is 2.88 bits per heavy atom. The molecular weight excluding hydrogens is 348 g/mol. The molecule has 0 saturated heterocycles. The van der Waals surface area contributed by atoms with Gasteiger partial charge in [0.15, 0.2) is 0 Å². The van der Waals surface area contributed by atoms with Gasteiger partial charge in [-0.25, -0.2) is 0 Å². The molecular formula is C20H23ClN4O. The monoisotopic (exact) mass is 370 g/mol. The maximum Gasteiger partial charge on any atom is 0.124 e. The third kappa shape index (κ3) is 5.58. The molecule has 0 fully saturated rings. The van der Waals surface area contributed by atoms with Crippen molar-refractivity contribution in [3.63, 3.8) is 0 Å². The average Bonchev–Trinajstić information content (AvgIpc) is 3.07. The van der Waals surface area contributed by atoms with E-state index in [1.54, 1.807) is 6.20 Å². The standard InChI is InChI=1S/C20H23ClN4O/c1-25-14-16(12-24-25)4-2-9-23-13-18-10-19(21)6-7-20(18)26-15-17-5-3-8-22-11-17/h3,5-8,10-12,14,23H,2,4,9,13,15H2,1H3. The minimum Gasteiger partial charge on any atom is -0.489 e. The molecule has 3 rings (SSSR count). The molecule has 0 atom stereocenters. The van der Waals surface area contributed by atoms with Crippen LogP contribution in [0.5, 0.6) is 5.75 Å². The smallest absolute Gasteiger partial charge is 0.124 e. The summed E-state index contributed by atoms with van der Waals surface area (Å²) in [7, 11) is 1.94. The van der Waals surface area contributed by atoms with Crippen LogP contribution in [-0.4, -0.2) is 21.3 Å². The Labute approximate surface area is 159 Å². The van der Waals surface area contributed by atoms with Crippen LogP contribution in [-0.2, 0) is 26.6 Å². The Balaban J connectivity index is 1.49. The van der Waals surface area contributed by atoms with Gasteiger partial charge in [-0.2, -0.15) is 5.10 Å². The van der Waals surface area contributed by atoms with E-state index in [0.717, 1.165) is 42.8 Å². The first-order valence-corrected chi connectivity index (χ1v) is 9.07. The highest BCUT2D eigenvalue weighted by Gasteiger charge is 2.06. The van der Waals surface area contributed by atoms with E-state index in [2.05, 4.69) is 21.6 Å². The topological polar surface area (TPSA) is 52.0 Å². The van der Waals surface area contributed by atoms with E-state index in [-0.39, 0.29) is 0 Å². The number of pyridine rings is 1. The quantitative estimate of drug-likeness (QED) is 0.582. The molecule has 0 aliphatic heterocycles. The van der Waals surface area contributed by atoms with Crippen molar-refractivity contribution in [3.8, 4) is 5.75 Å². The molecule has 0 bridgehead atoms. The van der Waals surface area contributed by atoms with Crippen molar-refractivity contribution < 1.29 is 4.74 Å². The predicted octanol–water partition coefficient (Wildman–Crippen LogP) is 3.77. The summed E-state index contributed by atoms with van der Waals surface area (Å²) in [6, 6.07) is 9.64. The Morgan fingerprint density at radius 1 is 1.19 bits per heavy atom. The highest BCUT2D eigenvalue weighted by atomic mass is 35.5. The summed E-state index contributed by atoms with van der Waals surface area (Å²) >= 11 is 6.15. The molecule has 0 aliphatic carbocycles. The molecule has 2 aromatic heterocycles. The van der Waals surface area contributed by atoms with Crippen molar-refractivity contribution >= 4 is 11.6 Å². The van der Waals surface area contributed by atoms with E-state index < -0.39 is 0 Å². The van der Waals surface area contributed by atoms with E-state index in [9.17, 15) is 0 Å². The van der Waals surface area contributed by atoms with Crippen LogP contribution in [0.25, 0.3) is 0 Å². The minimum atomic E-state index is 0.490. The predicted molar refractivity (Wildman–Crippen MR) is 103 cm³/mol. The van der Waals surface area contributed by atoms with Gasteiger partial charge in [-0.1, -0.05) is 17.7 Å². The van der Waals surface area contributed by atoms with Crippen molar-refractivity contribution in [2.24, 2.45) is 7.05 Å². The van der Waals surface area contributed by atoms with Gasteiger partial charge in [0, 0.05) is 48.3 Å². The molecule has 1 N–H and O–H groups in total. The summed E-state index contributed by atoms with van der Waals surface area (Å²) < 4.78 is 7.79. The summed E-state index contributed by atoms with van der Waals surface area (Å²) in [6.45, 7) is 2.13. The molecule has 0 spiro atoms. The largest absolute Gasteiger partial charge is 0.489 e. The molecule has 0 unspecified atom stereocenters. The van der Waals surface area contributed by atoms with Gasteiger partial charge in [-0.15, -0.1) is 0 Å². The number of rotatable bonds is 9. The summed E-state index contributed by atoms with van der Waals surface area (Å²) in [5.74, 6) is 0.845. The lowest BCUT2D eigenvalue weighted by Crippen LogP contribution is -2.16. The molecule has 0 radical (unpaired) electrons. The van der Waals surface area contributed by atoms with Crippen LogP contribution < -0.4 is 10.1 Å². The zero-order valence-corrected chi connectivity index (χ0v) is 15.6. The Bertz CT molecular complexity index is 820. The van der Waals surface area contributed by atoms with Gasteiger partial charge in [-0.3, -0.25) is 9.67 Å². The fraction of sp³-hybridized carbons (Fsp3) is 0.300. The lowest BCUT2D eigenvalue weighted by atomic mass is 10.1. The number of hydrogen-bond acceptors (Lipinski definition) is 4.